The molecule has 0 amide bonds. The van der Waals surface area contributed by atoms with Gasteiger partial charge in [0.15, 0.2) is 0 Å². The Morgan fingerprint density at radius 3 is 1.61 bits per heavy atom. The van der Waals surface area contributed by atoms with Crippen molar-refractivity contribution in [3.63, 3.8) is 0 Å². The first-order valence-corrected chi connectivity index (χ1v) is 19.5. The molecule has 0 radical (unpaired) electrons. The highest BCUT2D eigenvalue weighted by Crippen LogP contribution is 2.46. The van der Waals surface area contributed by atoms with E-state index in [9.17, 15) is 0 Å². The van der Waals surface area contributed by atoms with Crippen molar-refractivity contribution in [2.75, 3.05) is 4.90 Å². The van der Waals surface area contributed by atoms with Crippen LogP contribution in [0.5, 0.6) is 0 Å². The molecule has 2 aromatic heterocycles. The van der Waals surface area contributed by atoms with E-state index in [0.717, 1.165) is 39.5 Å². The zero-order chi connectivity index (χ0) is 37.7. The van der Waals surface area contributed by atoms with Crippen LogP contribution in [0.2, 0.25) is 0 Å². The monoisotopic (exact) mass is 727 g/mol. The average molecular weight is 728 g/mol. The second kappa shape index (κ2) is 13.6. The van der Waals surface area contributed by atoms with Crippen LogP contribution in [-0.2, 0) is 0 Å². The Hall–Kier alpha value is -7.62. The quantitative estimate of drug-likeness (QED) is 0.159. The highest BCUT2D eigenvalue weighted by molar-refractivity contribution is 6.18. The SMILES string of the molecule is c1ccc(-c2cccc(N(c3ccc4c(c3)c3c(-c5ccccc5)cccc3n4-c3ccccc3)c3cccc4c5ccccc5n(-c5ccccc5)c34)c2)cc1. The van der Waals surface area contributed by atoms with Crippen LogP contribution in [-0.4, -0.2) is 9.13 Å². The molecule has 11 aromatic rings. The first kappa shape index (κ1) is 32.8. The summed E-state index contributed by atoms with van der Waals surface area (Å²) >= 11 is 0. The number of fused-ring (bicyclic) bond motifs is 6. The number of rotatable bonds is 7. The molecule has 9 aromatic carbocycles. The van der Waals surface area contributed by atoms with Gasteiger partial charge >= 0.3 is 0 Å². The third kappa shape index (κ3) is 5.43. The summed E-state index contributed by atoms with van der Waals surface area (Å²) in [6.45, 7) is 0. The molecule has 3 heteroatoms. The molecule has 11 rings (SSSR count). The summed E-state index contributed by atoms with van der Waals surface area (Å²) in [6, 6.07) is 81.2. The van der Waals surface area contributed by atoms with Crippen LogP contribution >= 0.6 is 0 Å². The molecule has 3 nitrogen and oxygen atoms in total. The minimum absolute atomic E-state index is 1.08. The van der Waals surface area contributed by atoms with E-state index >= 15 is 0 Å². The molecule has 0 saturated heterocycles. The smallest absolute Gasteiger partial charge is 0.0782 e. The summed E-state index contributed by atoms with van der Waals surface area (Å²) in [5.41, 5.74) is 15.0. The van der Waals surface area contributed by atoms with Crippen molar-refractivity contribution in [2.24, 2.45) is 0 Å². The molecular weight excluding hydrogens is 691 g/mol. The molecule has 0 unspecified atom stereocenters. The van der Waals surface area contributed by atoms with Gasteiger partial charge in [0.1, 0.15) is 0 Å². The maximum Gasteiger partial charge on any atom is 0.0782 e. The molecule has 0 saturated carbocycles. The number of anilines is 3. The van der Waals surface area contributed by atoms with Crippen LogP contribution in [0.3, 0.4) is 0 Å². The predicted molar refractivity (Wildman–Crippen MR) is 241 cm³/mol. The van der Waals surface area contributed by atoms with Crippen molar-refractivity contribution in [3.8, 4) is 33.6 Å². The Labute approximate surface area is 331 Å². The molecular formula is C54H37N3. The van der Waals surface area contributed by atoms with Crippen molar-refractivity contribution in [1.29, 1.82) is 0 Å². The summed E-state index contributed by atoms with van der Waals surface area (Å²) in [7, 11) is 0. The zero-order valence-electron chi connectivity index (χ0n) is 31.2. The van der Waals surface area contributed by atoms with Crippen molar-refractivity contribution in [2.45, 2.75) is 0 Å². The Bertz CT molecular complexity index is 3220. The molecule has 0 aliphatic rings. The van der Waals surface area contributed by atoms with Gasteiger partial charge in [-0.05, 0) is 95.1 Å². The second-order valence-electron chi connectivity index (χ2n) is 14.6. The average Bonchev–Trinajstić information content (AvgIpc) is 3.81. The van der Waals surface area contributed by atoms with Gasteiger partial charge in [-0.25, -0.2) is 0 Å². The van der Waals surface area contributed by atoms with Crippen molar-refractivity contribution in [1.82, 2.24) is 9.13 Å². The Balaban J connectivity index is 1.25. The molecule has 0 atom stereocenters. The van der Waals surface area contributed by atoms with E-state index in [1.807, 2.05) is 0 Å². The maximum atomic E-state index is 2.46. The van der Waals surface area contributed by atoms with E-state index in [1.54, 1.807) is 0 Å². The number of aromatic nitrogens is 2. The summed E-state index contributed by atoms with van der Waals surface area (Å²) < 4.78 is 4.84. The van der Waals surface area contributed by atoms with E-state index in [4.69, 9.17) is 0 Å². The number of nitrogens with zero attached hydrogens (tertiary/aromatic N) is 3. The summed E-state index contributed by atoms with van der Waals surface area (Å²) in [4.78, 5) is 2.46. The van der Waals surface area contributed by atoms with Gasteiger partial charge in [-0.2, -0.15) is 0 Å². The number of hydrogen-bond acceptors (Lipinski definition) is 1. The maximum absolute atomic E-state index is 2.46. The number of benzene rings is 9. The molecule has 0 bridgehead atoms. The second-order valence-corrected chi connectivity index (χ2v) is 14.6. The number of para-hydroxylation sites is 4. The fourth-order valence-electron chi connectivity index (χ4n) is 8.82. The fraction of sp³-hybridized carbons (Fsp3) is 0. The van der Waals surface area contributed by atoms with Crippen LogP contribution in [0.4, 0.5) is 17.1 Å². The first-order valence-electron chi connectivity index (χ1n) is 19.5. The highest BCUT2D eigenvalue weighted by Gasteiger charge is 2.24. The predicted octanol–water partition coefficient (Wildman–Crippen LogP) is 14.7. The van der Waals surface area contributed by atoms with E-state index in [1.165, 1.54) is 54.8 Å². The lowest BCUT2D eigenvalue weighted by atomic mass is 9.99. The standard InChI is InChI=1S/C54H37N3/c1-5-18-38(19-6-1)40-22-15-27-43(36-40)55(52-33-17-30-47-46-28-13-14-31-49(46)57(54(47)52)42-25-11-4-12-26-42)44-34-35-50-48(37-44)53-45(39-20-7-2-8-21-39)29-16-32-51(53)56(50)41-23-9-3-10-24-41/h1-37H. The van der Waals surface area contributed by atoms with Crippen molar-refractivity contribution < 1.29 is 0 Å². The highest BCUT2D eigenvalue weighted by atomic mass is 15.2. The third-order valence-corrected chi connectivity index (χ3v) is 11.3. The lowest BCUT2D eigenvalue weighted by Crippen LogP contribution is -2.12. The Kier molecular flexibility index (Phi) is 7.82. The van der Waals surface area contributed by atoms with Crippen LogP contribution in [0, 0.1) is 0 Å². The minimum Gasteiger partial charge on any atom is -0.309 e. The van der Waals surface area contributed by atoms with E-state index in [0.29, 0.717) is 0 Å². The van der Waals surface area contributed by atoms with Crippen LogP contribution in [0.15, 0.2) is 224 Å². The molecule has 0 spiro atoms. The first-order chi connectivity index (χ1) is 28.3. The van der Waals surface area contributed by atoms with Gasteiger partial charge in [0.2, 0.25) is 0 Å². The van der Waals surface area contributed by atoms with Crippen molar-refractivity contribution >= 4 is 60.7 Å². The van der Waals surface area contributed by atoms with Crippen molar-refractivity contribution in [3.05, 3.63) is 224 Å². The van der Waals surface area contributed by atoms with Crippen LogP contribution < -0.4 is 4.90 Å². The topological polar surface area (TPSA) is 13.1 Å². The number of hydrogen-bond donors (Lipinski definition) is 0. The minimum atomic E-state index is 1.08. The molecule has 2 heterocycles. The normalized spacial score (nSPS) is 11.5. The van der Waals surface area contributed by atoms with Crippen LogP contribution in [0.25, 0.3) is 77.2 Å². The molecule has 268 valence electrons. The molecule has 0 aliphatic carbocycles. The van der Waals surface area contributed by atoms with E-state index in [2.05, 4.69) is 238 Å². The summed E-state index contributed by atoms with van der Waals surface area (Å²) in [5, 5.41) is 4.87. The molecule has 0 fully saturated rings. The molecule has 0 N–H and O–H groups in total. The summed E-state index contributed by atoms with van der Waals surface area (Å²) in [6.07, 6.45) is 0. The molecule has 57 heavy (non-hydrogen) atoms. The van der Waals surface area contributed by atoms with Gasteiger partial charge in [0.25, 0.3) is 0 Å². The van der Waals surface area contributed by atoms with E-state index in [-0.39, 0.29) is 0 Å². The van der Waals surface area contributed by atoms with Gasteiger partial charge < -0.3 is 14.0 Å². The van der Waals surface area contributed by atoms with Gasteiger partial charge in [0.05, 0.1) is 27.8 Å². The zero-order valence-corrected chi connectivity index (χ0v) is 31.2. The lowest BCUT2D eigenvalue weighted by Gasteiger charge is -2.28. The van der Waals surface area contributed by atoms with Gasteiger partial charge in [-0.15, -0.1) is 0 Å². The van der Waals surface area contributed by atoms with Gasteiger partial charge in [-0.3, -0.25) is 0 Å². The van der Waals surface area contributed by atoms with Crippen LogP contribution in [0.1, 0.15) is 0 Å². The third-order valence-electron chi connectivity index (χ3n) is 11.3. The van der Waals surface area contributed by atoms with Gasteiger partial charge in [0, 0.05) is 44.3 Å². The summed E-state index contributed by atoms with van der Waals surface area (Å²) in [5.74, 6) is 0. The van der Waals surface area contributed by atoms with Gasteiger partial charge in [-0.1, -0.05) is 152 Å². The fourth-order valence-corrected chi connectivity index (χ4v) is 8.82. The largest absolute Gasteiger partial charge is 0.309 e. The van der Waals surface area contributed by atoms with E-state index < -0.39 is 0 Å². The molecule has 0 aliphatic heterocycles. The Morgan fingerprint density at radius 1 is 0.316 bits per heavy atom. The Morgan fingerprint density at radius 2 is 0.860 bits per heavy atom. The lowest BCUT2D eigenvalue weighted by molar-refractivity contribution is 1.16.